The Hall–Kier alpha value is -1.10. The lowest BCUT2D eigenvalue weighted by molar-refractivity contribution is -0.152. The standard InChI is InChI=1S/C43H84O5/c1-39(2)33-29-25-21-17-13-9-6-5-7-11-15-19-23-27-31-35-42(45)47-37-41(44)38-48-43(46)36-32-28-24-20-16-12-8-10-14-18-22-26-30-34-40(3)4/h39-41,44H,5-38H2,1-4H3/t41-/m1/s1. The van der Waals surface area contributed by atoms with Gasteiger partial charge in [0, 0.05) is 12.8 Å². The first-order valence-electron chi connectivity index (χ1n) is 21.3. The minimum Gasteiger partial charge on any atom is -0.463 e. The number of carbonyl (C=O) groups is 2. The van der Waals surface area contributed by atoms with Gasteiger partial charge >= 0.3 is 11.9 Å². The molecule has 0 amide bonds. The summed E-state index contributed by atoms with van der Waals surface area (Å²) in [6, 6.07) is 0. The van der Waals surface area contributed by atoms with E-state index in [1.165, 1.54) is 167 Å². The van der Waals surface area contributed by atoms with Gasteiger partial charge in [-0.05, 0) is 24.7 Å². The molecule has 5 nitrogen and oxygen atoms in total. The number of unbranched alkanes of at least 4 members (excludes halogenated alkanes) is 26. The quantitative estimate of drug-likeness (QED) is 0.0519. The molecule has 1 atom stereocenters. The van der Waals surface area contributed by atoms with Gasteiger partial charge in [-0.1, -0.05) is 207 Å². The largest absolute Gasteiger partial charge is 0.463 e. The van der Waals surface area contributed by atoms with Crippen LogP contribution < -0.4 is 0 Å². The Balaban J connectivity index is 3.37. The Morgan fingerprint density at radius 3 is 0.812 bits per heavy atom. The van der Waals surface area contributed by atoms with E-state index in [0.29, 0.717) is 12.8 Å². The molecule has 0 spiro atoms. The van der Waals surface area contributed by atoms with Gasteiger partial charge in [-0.3, -0.25) is 9.59 Å². The lowest BCUT2D eigenvalue weighted by atomic mass is 10.0. The summed E-state index contributed by atoms with van der Waals surface area (Å²) in [5.41, 5.74) is 0. The molecule has 0 rings (SSSR count). The molecule has 0 unspecified atom stereocenters. The van der Waals surface area contributed by atoms with Gasteiger partial charge in [0.15, 0.2) is 0 Å². The highest BCUT2D eigenvalue weighted by Gasteiger charge is 2.12. The fraction of sp³-hybridized carbons (Fsp3) is 0.953. The summed E-state index contributed by atoms with van der Waals surface area (Å²) in [6.45, 7) is 9.05. The molecule has 0 radical (unpaired) electrons. The van der Waals surface area contributed by atoms with Crippen LogP contribution >= 0.6 is 0 Å². The Kier molecular flexibility index (Phi) is 36.3. The van der Waals surface area contributed by atoms with Gasteiger partial charge in [0.1, 0.15) is 19.3 Å². The Morgan fingerprint density at radius 2 is 0.583 bits per heavy atom. The van der Waals surface area contributed by atoms with Crippen LogP contribution in [0.5, 0.6) is 0 Å². The number of hydrogen-bond donors (Lipinski definition) is 1. The van der Waals surface area contributed by atoms with Crippen molar-refractivity contribution in [2.75, 3.05) is 13.2 Å². The van der Waals surface area contributed by atoms with Gasteiger partial charge in [0.25, 0.3) is 0 Å². The second kappa shape index (κ2) is 37.2. The van der Waals surface area contributed by atoms with E-state index >= 15 is 0 Å². The van der Waals surface area contributed by atoms with E-state index in [1.807, 2.05) is 0 Å². The molecular weight excluding hydrogens is 596 g/mol. The number of aliphatic hydroxyl groups is 1. The molecule has 0 aromatic carbocycles. The van der Waals surface area contributed by atoms with E-state index in [9.17, 15) is 14.7 Å². The van der Waals surface area contributed by atoms with Crippen LogP contribution in [0.3, 0.4) is 0 Å². The average molecular weight is 681 g/mol. The molecule has 1 N–H and O–H groups in total. The van der Waals surface area contributed by atoms with Crippen LogP contribution in [0.15, 0.2) is 0 Å². The fourth-order valence-corrected chi connectivity index (χ4v) is 6.46. The molecule has 5 heteroatoms. The summed E-state index contributed by atoms with van der Waals surface area (Å²) in [5.74, 6) is 1.15. The monoisotopic (exact) mass is 681 g/mol. The van der Waals surface area contributed by atoms with Crippen LogP contribution in [0.25, 0.3) is 0 Å². The SMILES string of the molecule is CC(C)CCCCCCCCCCCCCCCCCC(=O)OC[C@@H](O)COC(=O)CCCCCCCCCCCCCCCC(C)C. The van der Waals surface area contributed by atoms with Crippen molar-refractivity contribution in [3.8, 4) is 0 Å². The first-order valence-corrected chi connectivity index (χ1v) is 21.3. The molecule has 0 aromatic rings. The van der Waals surface area contributed by atoms with Crippen molar-refractivity contribution in [3.05, 3.63) is 0 Å². The molecule has 0 aliphatic carbocycles. The Morgan fingerprint density at radius 1 is 0.375 bits per heavy atom. The molecule has 0 fully saturated rings. The van der Waals surface area contributed by atoms with Crippen molar-refractivity contribution in [2.24, 2.45) is 11.8 Å². The van der Waals surface area contributed by atoms with Crippen molar-refractivity contribution >= 4 is 11.9 Å². The maximum Gasteiger partial charge on any atom is 0.305 e. The van der Waals surface area contributed by atoms with Gasteiger partial charge < -0.3 is 14.6 Å². The molecule has 0 aliphatic heterocycles. The van der Waals surface area contributed by atoms with Gasteiger partial charge in [-0.2, -0.15) is 0 Å². The minimum absolute atomic E-state index is 0.108. The van der Waals surface area contributed by atoms with Crippen LogP contribution in [-0.2, 0) is 19.1 Å². The van der Waals surface area contributed by atoms with Crippen LogP contribution in [0.4, 0.5) is 0 Å². The molecule has 0 saturated carbocycles. The number of hydrogen-bond acceptors (Lipinski definition) is 5. The van der Waals surface area contributed by atoms with Crippen LogP contribution in [0, 0.1) is 11.8 Å². The van der Waals surface area contributed by atoms with Gasteiger partial charge in [-0.25, -0.2) is 0 Å². The summed E-state index contributed by atoms with van der Waals surface area (Å²) in [6.07, 6.45) is 38.8. The van der Waals surface area contributed by atoms with E-state index in [4.69, 9.17) is 9.47 Å². The fourth-order valence-electron chi connectivity index (χ4n) is 6.46. The van der Waals surface area contributed by atoms with Crippen LogP contribution in [0.1, 0.15) is 233 Å². The van der Waals surface area contributed by atoms with Crippen molar-refractivity contribution < 1.29 is 24.2 Å². The highest BCUT2D eigenvalue weighted by Crippen LogP contribution is 2.17. The molecule has 48 heavy (non-hydrogen) atoms. The molecule has 0 aliphatic rings. The minimum atomic E-state index is -0.956. The van der Waals surface area contributed by atoms with Crippen molar-refractivity contribution in [3.63, 3.8) is 0 Å². The summed E-state index contributed by atoms with van der Waals surface area (Å²) < 4.78 is 10.4. The maximum absolute atomic E-state index is 12.0. The number of ether oxygens (including phenoxy) is 2. The summed E-state index contributed by atoms with van der Waals surface area (Å²) in [4.78, 5) is 24.0. The summed E-state index contributed by atoms with van der Waals surface area (Å²) in [7, 11) is 0. The van der Waals surface area contributed by atoms with Crippen molar-refractivity contribution in [1.82, 2.24) is 0 Å². The van der Waals surface area contributed by atoms with E-state index in [1.54, 1.807) is 0 Å². The Bertz CT molecular complexity index is 676. The molecular formula is C43H84O5. The van der Waals surface area contributed by atoms with Crippen LogP contribution in [0.2, 0.25) is 0 Å². The van der Waals surface area contributed by atoms with E-state index in [2.05, 4.69) is 27.7 Å². The molecule has 0 heterocycles. The number of esters is 2. The lowest BCUT2D eigenvalue weighted by Crippen LogP contribution is -2.25. The smallest absolute Gasteiger partial charge is 0.305 e. The summed E-state index contributed by atoms with van der Waals surface area (Å²) >= 11 is 0. The topological polar surface area (TPSA) is 72.8 Å². The maximum atomic E-state index is 12.0. The predicted molar refractivity (Wildman–Crippen MR) is 205 cm³/mol. The van der Waals surface area contributed by atoms with Crippen LogP contribution in [-0.4, -0.2) is 36.4 Å². The predicted octanol–water partition coefficient (Wildman–Crippen LogP) is 13.2. The van der Waals surface area contributed by atoms with E-state index in [-0.39, 0.29) is 25.2 Å². The lowest BCUT2D eigenvalue weighted by Gasteiger charge is -2.12. The third kappa shape index (κ3) is 39.3. The van der Waals surface area contributed by atoms with Gasteiger partial charge in [0.05, 0.1) is 0 Å². The first-order chi connectivity index (χ1) is 23.3. The molecule has 0 bridgehead atoms. The second-order valence-corrected chi connectivity index (χ2v) is 15.8. The molecule has 0 saturated heterocycles. The zero-order chi connectivity index (χ0) is 35.3. The summed E-state index contributed by atoms with van der Waals surface area (Å²) in [5, 5.41) is 10.0. The number of carbonyl (C=O) groups excluding carboxylic acids is 2. The van der Waals surface area contributed by atoms with Gasteiger partial charge in [0.2, 0.25) is 0 Å². The number of aliphatic hydroxyl groups excluding tert-OH is 1. The number of rotatable bonds is 38. The van der Waals surface area contributed by atoms with E-state index < -0.39 is 6.10 Å². The highest BCUT2D eigenvalue weighted by atomic mass is 16.6. The first kappa shape index (κ1) is 46.9. The normalized spacial score (nSPS) is 12.2. The zero-order valence-electron chi connectivity index (χ0n) is 32.9. The highest BCUT2D eigenvalue weighted by molar-refractivity contribution is 5.69. The molecule has 0 aromatic heterocycles. The average Bonchev–Trinajstić information content (AvgIpc) is 3.05. The third-order valence-corrected chi connectivity index (χ3v) is 9.70. The Labute approximate surface area is 299 Å². The van der Waals surface area contributed by atoms with Crippen molar-refractivity contribution in [1.29, 1.82) is 0 Å². The van der Waals surface area contributed by atoms with E-state index in [0.717, 1.165) is 37.5 Å². The third-order valence-electron chi connectivity index (χ3n) is 9.70. The second-order valence-electron chi connectivity index (χ2n) is 15.8. The van der Waals surface area contributed by atoms with Gasteiger partial charge in [-0.15, -0.1) is 0 Å². The molecule has 286 valence electrons. The zero-order valence-corrected chi connectivity index (χ0v) is 32.9. The van der Waals surface area contributed by atoms with Crippen molar-refractivity contribution in [2.45, 2.75) is 239 Å².